The summed E-state index contributed by atoms with van der Waals surface area (Å²) in [7, 11) is -2.80. The van der Waals surface area contributed by atoms with Gasteiger partial charge >= 0.3 is 0 Å². The first kappa shape index (κ1) is 16.5. The fraction of sp³-hybridized carbons (Fsp3) is 0.0833. The van der Waals surface area contributed by atoms with Gasteiger partial charge in [0.15, 0.2) is 0 Å². The quantitative estimate of drug-likeness (QED) is 0.265. The first-order chi connectivity index (χ1) is 10.7. The third-order valence-corrected chi connectivity index (χ3v) is 3.81. The molecule has 0 N–H and O–H groups in total. The number of quaternary nitrogens is 1. The van der Waals surface area contributed by atoms with Crippen LogP contribution in [0.1, 0.15) is 5.56 Å². The van der Waals surface area contributed by atoms with E-state index in [0.717, 1.165) is 30.5 Å². The molecule has 1 unspecified atom stereocenters. The fourth-order valence-electron chi connectivity index (χ4n) is 2.07. The number of benzene rings is 1. The molecule has 0 saturated heterocycles. The van der Waals surface area contributed by atoms with Gasteiger partial charge in [0.05, 0.1) is 15.9 Å². The topological polar surface area (TPSA) is 143 Å². The molecule has 0 spiro atoms. The lowest BCUT2D eigenvalue weighted by molar-refractivity contribution is -0.744. The molecule has 1 atom stereocenters. The summed E-state index contributed by atoms with van der Waals surface area (Å²) in [6.45, 7) is -0.535. The second kappa shape index (κ2) is 6.08. The summed E-state index contributed by atoms with van der Waals surface area (Å²) in [4.78, 5) is 19.5. The van der Waals surface area contributed by atoms with Gasteiger partial charge in [0, 0.05) is 23.8 Å². The molecule has 2 rings (SSSR count). The molecule has 0 aliphatic carbocycles. The van der Waals surface area contributed by atoms with Crippen molar-refractivity contribution in [2.45, 2.75) is 6.54 Å². The first-order valence-corrected chi connectivity index (χ1v) is 7.14. The molecular weight excluding hydrogens is 330 g/mol. The number of non-ortho nitro benzene ring substituents is 2. The van der Waals surface area contributed by atoms with Gasteiger partial charge in [0.1, 0.15) is 12.7 Å². The van der Waals surface area contributed by atoms with E-state index < -0.39 is 47.7 Å². The second-order valence-corrected chi connectivity index (χ2v) is 5.49. The van der Waals surface area contributed by atoms with E-state index in [2.05, 4.69) is 0 Å². The molecule has 1 aliphatic heterocycles. The summed E-state index contributed by atoms with van der Waals surface area (Å²) in [5.41, 5.74) is -1.13. The van der Waals surface area contributed by atoms with Gasteiger partial charge in [0.2, 0.25) is 0 Å². The molecule has 1 aromatic rings. The highest BCUT2D eigenvalue weighted by Gasteiger charge is 2.27. The van der Waals surface area contributed by atoms with Crippen molar-refractivity contribution in [2.75, 3.05) is 0 Å². The first-order valence-electron chi connectivity index (χ1n) is 6.07. The third kappa shape index (κ3) is 3.48. The molecule has 0 radical (unpaired) electrons. The Hall–Kier alpha value is -2.89. The SMILES string of the molecule is O=[N+]([O-])c1cc(C[N+]2([O-])C=CC=CC2=S(=O)=O)cc([N+](=O)[O-])c1. The van der Waals surface area contributed by atoms with Gasteiger partial charge in [-0.15, -0.1) is 0 Å². The Labute approximate surface area is 130 Å². The van der Waals surface area contributed by atoms with Crippen LogP contribution in [0.5, 0.6) is 0 Å². The van der Waals surface area contributed by atoms with Crippen LogP contribution in [0.3, 0.4) is 0 Å². The van der Waals surface area contributed by atoms with Crippen molar-refractivity contribution < 1.29 is 22.9 Å². The summed E-state index contributed by atoms with van der Waals surface area (Å²) in [6.07, 6.45) is 4.82. The van der Waals surface area contributed by atoms with Crippen LogP contribution in [0.25, 0.3) is 0 Å². The standard InChI is InChI=1S/C12H9N3O7S/c16-13(17)10-5-9(6-11(7-10)14(18)19)8-15(20)4-2-1-3-12(15)23(21)22/h1-7H,8H2. The van der Waals surface area contributed by atoms with Gasteiger partial charge in [-0.3, -0.25) is 24.9 Å². The van der Waals surface area contributed by atoms with E-state index >= 15 is 0 Å². The predicted molar refractivity (Wildman–Crippen MR) is 79.3 cm³/mol. The van der Waals surface area contributed by atoms with Crippen LogP contribution >= 0.6 is 0 Å². The molecule has 1 aromatic carbocycles. The van der Waals surface area contributed by atoms with Crippen molar-refractivity contribution in [2.24, 2.45) is 0 Å². The lowest BCUT2D eigenvalue weighted by Crippen LogP contribution is -2.42. The van der Waals surface area contributed by atoms with Crippen LogP contribution in [0.2, 0.25) is 0 Å². The Morgan fingerprint density at radius 2 is 1.57 bits per heavy atom. The van der Waals surface area contributed by atoms with E-state index in [4.69, 9.17) is 0 Å². The van der Waals surface area contributed by atoms with Crippen molar-refractivity contribution in [3.8, 4) is 0 Å². The van der Waals surface area contributed by atoms with E-state index in [0.29, 0.717) is 0 Å². The molecule has 120 valence electrons. The van der Waals surface area contributed by atoms with Gasteiger partial charge in [-0.05, 0) is 12.2 Å². The highest BCUT2D eigenvalue weighted by molar-refractivity contribution is 7.72. The van der Waals surface area contributed by atoms with Crippen LogP contribution in [-0.4, -0.2) is 27.9 Å². The number of nitro benzene ring substituents is 2. The number of hydrogen-bond acceptors (Lipinski definition) is 7. The third-order valence-electron chi connectivity index (χ3n) is 3.02. The number of rotatable bonds is 4. The minimum absolute atomic E-state index is 0.0243. The number of hydroxylamine groups is 3. The van der Waals surface area contributed by atoms with Crippen LogP contribution in [0.15, 0.2) is 42.6 Å². The minimum atomic E-state index is -2.80. The molecule has 1 heterocycles. The summed E-state index contributed by atoms with van der Waals surface area (Å²) in [5, 5.41) is 34.3. The van der Waals surface area contributed by atoms with Gasteiger partial charge < -0.3 is 5.21 Å². The number of nitro groups is 2. The average Bonchev–Trinajstić information content (AvgIpc) is 2.46. The van der Waals surface area contributed by atoms with Crippen molar-refractivity contribution in [1.29, 1.82) is 0 Å². The predicted octanol–water partition coefficient (Wildman–Crippen LogP) is 1.41. The van der Waals surface area contributed by atoms with E-state index in [1.165, 1.54) is 12.2 Å². The van der Waals surface area contributed by atoms with Crippen molar-refractivity contribution in [1.82, 2.24) is 0 Å². The van der Waals surface area contributed by atoms with Gasteiger partial charge in [-0.25, -0.2) is 0 Å². The van der Waals surface area contributed by atoms with Crippen LogP contribution in [0.4, 0.5) is 11.4 Å². The molecule has 11 heteroatoms. The Bertz CT molecular complexity index is 848. The Balaban J connectivity index is 2.53. The maximum atomic E-state index is 12.7. The molecule has 0 amide bonds. The van der Waals surface area contributed by atoms with Crippen LogP contribution in [-0.2, 0) is 16.8 Å². The zero-order valence-electron chi connectivity index (χ0n) is 11.4. The lowest BCUT2D eigenvalue weighted by Gasteiger charge is -2.37. The van der Waals surface area contributed by atoms with Crippen molar-refractivity contribution >= 4 is 26.7 Å². The Morgan fingerprint density at radius 3 is 2.04 bits per heavy atom. The maximum Gasteiger partial charge on any atom is 0.277 e. The van der Waals surface area contributed by atoms with Crippen molar-refractivity contribution in [3.63, 3.8) is 0 Å². The number of allylic oxidation sites excluding steroid dienone is 2. The summed E-state index contributed by atoms with van der Waals surface area (Å²) >= 11 is 0. The fourth-order valence-corrected chi connectivity index (χ4v) is 2.64. The van der Waals surface area contributed by atoms with Crippen LogP contribution in [0, 0.1) is 25.4 Å². The van der Waals surface area contributed by atoms with E-state index in [1.54, 1.807) is 0 Å². The smallest absolute Gasteiger partial charge is 0.277 e. The summed E-state index contributed by atoms with van der Waals surface area (Å²) < 4.78 is 20.9. The monoisotopic (exact) mass is 339 g/mol. The van der Waals surface area contributed by atoms with E-state index in [-0.39, 0.29) is 5.56 Å². The average molecular weight is 339 g/mol. The highest BCUT2D eigenvalue weighted by atomic mass is 32.2. The van der Waals surface area contributed by atoms with Gasteiger partial charge in [-0.1, -0.05) is 0 Å². The number of hydrogen-bond donors (Lipinski definition) is 0. The molecule has 0 bridgehead atoms. The molecule has 0 fully saturated rings. The highest BCUT2D eigenvalue weighted by Crippen LogP contribution is 2.26. The minimum Gasteiger partial charge on any atom is -0.621 e. The zero-order valence-corrected chi connectivity index (χ0v) is 12.2. The maximum absolute atomic E-state index is 12.7. The lowest BCUT2D eigenvalue weighted by atomic mass is 10.1. The molecular formula is C12H9N3O7S. The molecule has 1 aliphatic rings. The summed E-state index contributed by atoms with van der Waals surface area (Å²) in [5.74, 6) is 0. The second-order valence-electron chi connectivity index (χ2n) is 4.60. The zero-order chi connectivity index (χ0) is 17.2. The van der Waals surface area contributed by atoms with E-state index in [9.17, 15) is 33.9 Å². The molecule has 10 nitrogen and oxygen atoms in total. The molecule has 23 heavy (non-hydrogen) atoms. The number of nitrogens with zero attached hydrogens (tertiary/aromatic N) is 3. The normalized spacial score (nSPS) is 19.6. The van der Waals surface area contributed by atoms with Gasteiger partial charge in [-0.2, -0.15) is 8.42 Å². The largest absolute Gasteiger partial charge is 0.621 e. The summed E-state index contributed by atoms with van der Waals surface area (Å²) in [6, 6.07) is 2.77. The van der Waals surface area contributed by atoms with E-state index in [1.807, 2.05) is 0 Å². The Kier molecular flexibility index (Phi) is 4.36. The molecule has 0 aromatic heterocycles. The van der Waals surface area contributed by atoms with Crippen LogP contribution < -0.4 is 0 Å². The van der Waals surface area contributed by atoms with Crippen molar-refractivity contribution in [3.05, 3.63) is 73.6 Å². The van der Waals surface area contributed by atoms with Gasteiger partial charge in [0.25, 0.3) is 26.7 Å². The molecule has 0 saturated carbocycles. The Morgan fingerprint density at radius 1 is 1.00 bits per heavy atom.